The number of aliphatic hydroxyl groups is 1. The Labute approximate surface area is 360 Å². The number of likely N-dealkylation sites (N-methyl/N-ethyl adjacent to an activating group) is 1. The number of aliphatic hydroxyl groups excluding tert-OH is 1. The molecule has 344 valence electrons. The largest absolute Gasteiger partial charge is 0.472 e. The molecule has 0 saturated heterocycles. The molecule has 0 rings (SSSR count). The zero-order chi connectivity index (χ0) is 42.8. The fraction of sp³-hybridized carbons (Fsp3) is 0.898. The number of allylic oxidation sites excluding steroid dienone is 3. The van der Waals surface area contributed by atoms with Gasteiger partial charge in [0.1, 0.15) is 13.2 Å². The van der Waals surface area contributed by atoms with Gasteiger partial charge in [0.2, 0.25) is 5.91 Å². The summed E-state index contributed by atoms with van der Waals surface area (Å²) in [5.41, 5.74) is 0. The van der Waals surface area contributed by atoms with E-state index in [1.807, 2.05) is 27.2 Å². The van der Waals surface area contributed by atoms with E-state index >= 15 is 0 Å². The van der Waals surface area contributed by atoms with Crippen LogP contribution in [0.4, 0.5) is 0 Å². The van der Waals surface area contributed by atoms with Crippen molar-refractivity contribution in [2.24, 2.45) is 0 Å². The molecule has 0 bridgehead atoms. The van der Waals surface area contributed by atoms with Crippen LogP contribution in [-0.2, 0) is 18.4 Å². The summed E-state index contributed by atoms with van der Waals surface area (Å²) in [5, 5.41) is 13.7. The van der Waals surface area contributed by atoms with Gasteiger partial charge in [-0.2, -0.15) is 0 Å². The molecule has 3 unspecified atom stereocenters. The molecule has 0 aromatic rings. The maximum Gasteiger partial charge on any atom is 0.472 e. The standard InChI is InChI=1S/C49H97N2O6P/c1-6-8-10-12-13-14-15-16-17-18-19-20-21-22-23-24-25-26-27-28-29-30-31-32-33-34-35-36-37-39-40-42-48(52)47(50-49(53)43-41-38-11-9-7-2)46-57-58(54,55)56-45-44-51(3,4)5/h35-36,40,42,47-48,52H,6-34,37-39,41,43-46H2,1-5H3,(H-,50,53,54,55)/p+1/b36-35+,42-40+. The first kappa shape index (κ1) is 57.0. The number of rotatable bonds is 45. The molecule has 0 fully saturated rings. The lowest BCUT2D eigenvalue weighted by Crippen LogP contribution is -2.45. The van der Waals surface area contributed by atoms with Crippen LogP contribution in [0.2, 0.25) is 0 Å². The molecule has 0 aliphatic carbocycles. The van der Waals surface area contributed by atoms with Crippen LogP contribution in [0.5, 0.6) is 0 Å². The van der Waals surface area contributed by atoms with E-state index in [4.69, 9.17) is 9.05 Å². The summed E-state index contributed by atoms with van der Waals surface area (Å²) in [5.74, 6) is -0.199. The monoisotopic (exact) mass is 842 g/mol. The predicted molar refractivity (Wildman–Crippen MR) is 249 cm³/mol. The molecule has 0 aromatic heterocycles. The zero-order valence-corrected chi connectivity index (χ0v) is 39.9. The minimum absolute atomic E-state index is 0.0573. The number of phosphoric acid groups is 1. The predicted octanol–water partition coefficient (Wildman–Crippen LogP) is 14.1. The number of nitrogens with one attached hydrogen (secondary N) is 1. The van der Waals surface area contributed by atoms with Crippen molar-refractivity contribution in [1.82, 2.24) is 5.32 Å². The SMILES string of the molecule is CCCCCCCCCCCCCCCCCCCCCCCCCCC/C=C/CC/C=C/C(O)C(COP(=O)(O)OCC[N+](C)(C)C)NC(=O)CCCCCCC. The number of unbranched alkanes of at least 4 members (excludes halogenated alkanes) is 30. The first-order valence-electron chi connectivity index (χ1n) is 24.7. The molecule has 1 amide bonds. The van der Waals surface area contributed by atoms with Crippen molar-refractivity contribution in [3.05, 3.63) is 24.3 Å². The van der Waals surface area contributed by atoms with Gasteiger partial charge in [-0.25, -0.2) is 4.57 Å². The number of nitrogens with zero attached hydrogens (tertiary/aromatic N) is 1. The van der Waals surface area contributed by atoms with E-state index in [1.54, 1.807) is 6.08 Å². The third kappa shape index (κ3) is 43.1. The smallest absolute Gasteiger partial charge is 0.387 e. The second-order valence-corrected chi connectivity index (χ2v) is 19.6. The zero-order valence-electron chi connectivity index (χ0n) is 39.0. The van der Waals surface area contributed by atoms with Crippen molar-refractivity contribution >= 4 is 13.7 Å². The van der Waals surface area contributed by atoms with Gasteiger partial charge in [-0.1, -0.05) is 218 Å². The molecule has 58 heavy (non-hydrogen) atoms. The van der Waals surface area contributed by atoms with Gasteiger partial charge in [0.15, 0.2) is 0 Å². The van der Waals surface area contributed by atoms with E-state index in [2.05, 4.69) is 31.3 Å². The molecule has 8 nitrogen and oxygen atoms in total. The third-order valence-corrected chi connectivity index (χ3v) is 12.2. The lowest BCUT2D eigenvalue weighted by molar-refractivity contribution is -0.870. The number of carbonyl (C=O) groups is 1. The van der Waals surface area contributed by atoms with Crippen LogP contribution in [0.15, 0.2) is 24.3 Å². The highest BCUT2D eigenvalue weighted by atomic mass is 31.2. The van der Waals surface area contributed by atoms with E-state index in [-0.39, 0.29) is 19.1 Å². The molecule has 0 saturated carbocycles. The first-order chi connectivity index (χ1) is 28.0. The van der Waals surface area contributed by atoms with Gasteiger partial charge in [0, 0.05) is 6.42 Å². The van der Waals surface area contributed by atoms with Crippen molar-refractivity contribution in [3.8, 4) is 0 Å². The Morgan fingerprint density at radius 3 is 1.38 bits per heavy atom. The van der Waals surface area contributed by atoms with E-state index in [0.717, 1.165) is 51.4 Å². The van der Waals surface area contributed by atoms with Crippen molar-refractivity contribution in [2.45, 2.75) is 244 Å². The summed E-state index contributed by atoms with van der Waals surface area (Å²) in [6, 6.07) is -0.856. The van der Waals surface area contributed by atoms with Gasteiger partial charge in [-0.05, 0) is 32.1 Å². The Morgan fingerprint density at radius 2 is 0.948 bits per heavy atom. The van der Waals surface area contributed by atoms with E-state index in [9.17, 15) is 19.4 Å². The maximum atomic E-state index is 12.6. The summed E-state index contributed by atoms with van der Waals surface area (Å²) in [7, 11) is 1.56. The van der Waals surface area contributed by atoms with Crippen LogP contribution in [0.1, 0.15) is 232 Å². The van der Waals surface area contributed by atoms with Gasteiger partial charge in [0.05, 0.1) is 39.9 Å². The topological polar surface area (TPSA) is 105 Å². The molecule has 3 N–H and O–H groups in total. The van der Waals surface area contributed by atoms with Gasteiger partial charge in [-0.15, -0.1) is 0 Å². The number of quaternary nitrogens is 1. The van der Waals surface area contributed by atoms with Gasteiger partial charge in [0.25, 0.3) is 0 Å². The normalized spacial score (nSPS) is 14.4. The van der Waals surface area contributed by atoms with Crippen LogP contribution in [0, 0.1) is 0 Å². The van der Waals surface area contributed by atoms with E-state index < -0.39 is 20.0 Å². The number of hydrogen-bond donors (Lipinski definition) is 3. The molecule has 0 aliphatic heterocycles. The highest BCUT2D eigenvalue weighted by molar-refractivity contribution is 7.47. The summed E-state index contributed by atoms with van der Waals surface area (Å²) in [6.07, 6.45) is 50.5. The number of phosphoric ester groups is 1. The Bertz CT molecular complexity index is 1000. The van der Waals surface area contributed by atoms with Gasteiger partial charge in [-0.3, -0.25) is 13.8 Å². The highest BCUT2D eigenvalue weighted by Crippen LogP contribution is 2.43. The van der Waals surface area contributed by atoms with Crippen LogP contribution < -0.4 is 5.32 Å². The number of carbonyl (C=O) groups excluding carboxylic acids is 1. The highest BCUT2D eigenvalue weighted by Gasteiger charge is 2.27. The molecule has 0 radical (unpaired) electrons. The molecule has 9 heteroatoms. The molecular formula is C49H98N2O6P+. The van der Waals surface area contributed by atoms with Crippen LogP contribution in [0.3, 0.4) is 0 Å². The van der Waals surface area contributed by atoms with Gasteiger partial charge >= 0.3 is 7.82 Å². The molecule has 3 atom stereocenters. The Balaban J connectivity index is 3.94. The third-order valence-electron chi connectivity index (χ3n) is 11.2. The summed E-state index contributed by atoms with van der Waals surface area (Å²) in [4.78, 5) is 22.8. The Hall–Kier alpha value is -1.02. The minimum Gasteiger partial charge on any atom is -0.387 e. The fourth-order valence-corrected chi connectivity index (χ4v) is 7.97. The van der Waals surface area contributed by atoms with Gasteiger partial charge < -0.3 is 19.8 Å². The van der Waals surface area contributed by atoms with Crippen molar-refractivity contribution in [2.75, 3.05) is 40.9 Å². The lowest BCUT2D eigenvalue weighted by atomic mass is 10.0. The van der Waals surface area contributed by atoms with E-state index in [0.29, 0.717) is 17.4 Å². The van der Waals surface area contributed by atoms with Crippen LogP contribution in [-0.4, -0.2) is 73.4 Å². The molecule has 0 spiro atoms. The average Bonchev–Trinajstić information content (AvgIpc) is 3.17. The number of hydrogen-bond acceptors (Lipinski definition) is 5. The molecule has 0 aliphatic rings. The Morgan fingerprint density at radius 1 is 0.569 bits per heavy atom. The van der Waals surface area contributed by atoms with Crippen molar-refractivity contribution < 1.29 is 32.9 Å². The first-order valence-corrected chi connectivity index (χ1v) is 26.2. The maximum absolute atomic E-state index is 12.6. The van der Waals surface area contributed by atoms with Crippen molar-refractivity contribution in [3.63, 3.8) is 0 Å². The number of amides is 1. The summed E-state index contributed by atoms with van der Waals surface area (Å²) < 4.78 is 23.4. The second-order valence-electron chi connectivity index (χ2n) is 18.2. The van der Waals surface area contributed by atoms with Crippen LogP contribution in [0.25, 0.3) is 0 Å². The summed E-state index contributed by atoms with van der Waals surface area (Å²) >= 11 is 0. The van der Waals surface area contributed by atoms with E-state index in [1.165, 1.54) is 161 Å². The van der Waals surface area contributed by atoms with Crippen molar-refractivity contribution in [1.29, 1.82) is 0 Å². The Kier molecular flexibility index (Phi) is 40.6. The quantitative estimate of drug-likeness (QED) is 0.0244. The molecule has 0 heterocycles. The fourth-order valence-electron chi connectivity index (χ4n) is 7.23. The summed E-state index contributed by atoms with van der Waals surface area (Å²) in [6.45, 7) is 4.71. The second kappa shape index (κ2) is 41.3. The van der Waals surface area contributed by atoms with Crippen LogP contribution >= 0.6 is 7.82 Å². The lowest BCUT2D eigenvalue weighted by Gasteiger charge is -2.25. The molecule has 0 aromatic carbocycles. The molecular weight excluding hydrogens is 744 g/mol. The average molecular weight is 842 g/mol. The minimum atomic E-state index is -4.33.